The number of halogens is 6. The standard InChI is InChI=1S/C48H50Cl3F3N4O11/c1-47(2,48(49,50)51)69-46(61)57-33-22-37(31-12-10-28(11-13-31)8-6-18-66-43-39(53)17-16-38(52)42(43)54)41(44(59)56(32-14-15-32)24-30-20-35(64-3)23-36(21-30)65-4)40(57)26-55(25-33)45(60)68-34-9-5-7-29(19-34)27-67-58(62)63/h5,7,9-13,16-17,19-21,23,32-33,40,62-63H,6,8,14-15,18,22,24-27H2,1-4H3. The quantitative estimate of drug-likeness (QED) is 0.0447. The molecule has 1 saturated carbocycles. The summed E-state index contributed by atoms with van der Waals surface area (Å²) in [5.74, 6) is -3.70. The Labute approximate surface area is 411 Å². The Morgan fingerprint density at radius 1 is 0.812 bits per heavy atom. The van der Waals surface area contributed by atoms with Crippen LogP contribution in [0.15, 0.2) is 84.4 Å². The molecule has 3 aliphatic rings. The van der Waals surface area contributed by atoms with Gasteiger partial charge in [0.25, 0.3) is 5.91 Å². The van der Waals surface area contributed by atoms with Crippen LogP contribution in [0.1, 0.15) is 61.8 Å². The average molecular weight is 1020 g/mol. The first-order chi connectivity index (χ1) is 32.8. The molecule has 2 fully saturated rings. The van der Waals surface area contributed by atoms with E-state index in [0.717, 1.165) is 11.6 Å². The monoisotopic (exact) mass is 1020 g/mol. The third kappa shape index (κ3) is 12.3. The van der Waals surface area contributed by atoms with Crippen molar-refractivity contribution in [2.24, 2.45) is 0 Å². The van der Waals surface area contributed by atoms with Crippen LogP contribution in [0.25, 0.3) is 5.57 Å². The second-order valence-electron chi connectivity index (χ2n) is 17.2. The maximum absolute atomic E-state index is 15.6. The van der Waals surface area contributed by atoms with E-state index < -0.39 is 68.2 Å². The van der Waals surface area contributed by atoms with Gasteiger partial charge in [-0.1, -0.05) is 71.2 Å². The van der Waals surface area contributed by atoms with E-state index >= 15 is 4.79 Å². The first-order valence-corrected chi connectivity index (χ1v) is 23.0. The van der Waals surface area contributed by atoms with Gasteiger partial charge in [0.1, 0.15) is 17.2 Å². The average Bonchev–Trinajstić information content (AvgIpc) is 4.16. The number of hydrogen-bond donors (Lipinski definition) is 2. The number of amides is 3. The summed E-state index contributed by atoms with van der Waals surface area (Å²) in [5.41, 5.74) is 1.81. The van der Waals surface area contributed by atoms with Crippen LogP contribution < -0.4 is 18.9 Å². The molecule has 15 nitrogen and oxygen atoms in total. The topological polar surface area (TPSA) is 160 Å². The molecule has 1 aliphatic carbocycles. The van der Waals surface area contributed by atoms with Gasteiger partial charge in [0.05, 0.1) is 44.9 Å². The van der Waals surface area contributed by atoms with E-state index in [-0.39, 0.29) is 56.6 Å². The Morgan fingerprint density at radius 2 is 1.48 bits per heavy atom. The summed E-state index contributed by atoms with van der Waals surface area (Å²) in [6, 6.07) is 18.3. The zero-order chi connectivity index (χ0) is 49.8. The number of ether oxygens (including phenoxy) is 5. The van der Waals surface area contributed by atoms with E-state index in [9.17, 15) is 22.8 Å². The molecule has 2 N–H and O–H groups in total. The fraction of sp³-hybridized carbons (Fsp3) is 0.396. The van der Waals surface area contributed by atoms with Gasteiger partial charge in [-0.2, -0.15) is 4.39 Å². The van der Waals surface area contributed by atoms with Crippen molar-refractivity contribution in [3.8, 4) is 23.0 Å². The summed E-state index contributed by atoms with van der Waals surface area (Å²) in [6.45, 7) is 2.35. The van der Waals surface area contributed by atoms with Crippen molar-refractivity contribution in [1.82, 2.24) is 20.1 Å². The Morgan fingerprint density at radius 3 is 2.12 bits per heavy atom. The molecule has 3 amide bonds. The SMILES string of the molecule is COc1cc(CN(C(=O)C2=C(c3ccc(CCCOc4c(F)ccc(F)c4F)cc3)CC3CN(C(=O)Oc4cccc(CON(O)O)c4)CC2N3C(=O)OC(C)(C)C(Cl)(Cl)Cl)C2CC2)cc(OC)c1. The van der Waals surface area contributed by atoms with E-state index in [1.165, 1.54) is 50.0 Å². The molecular weight excluding hydrogens is 972 g/mol. The molecular formula is C48H50Cl3F3N4O11. The molecule has 2 aliphatic heterocycles. The summed E-state index contributed by atoms with van der Waals surface area (Å²) in [7, 11) is 3.05. The predicted molar refractivity (Wildman–Crippen MR) is 246 cm³/mol. The second kappa shape index (κ2) is 21.7. The summed E-state index contributed by atoms with van der Waals surface area (Å²) in [4.78, 5) is 53.6. The highest BCUT2D eigenvalue weighted by Crippen LogP contribution is 2.45. The Hall–Kier alpha value is -5.47. The number of methoxy groups -OCH3 is 2. The van der Waals surface area contributed by atoms with Gasteiger partial charge in [-0.3, -0.25) is 20.1 Å². The van der Waals surface area contributed by atoms with Crippen molar-refractivity contribution in [2.75, 3.05) is 33.9 Å². The molecule has 2 bridgehead atoms. The summed E-state index contributed by atoms with van der Waals surface area (Å²) in [6.07, 6.45) is 0.532. The number of benzene rings is 4. The van der Waals surface area contributed by atoms with Gasteiger partial charge in [-0.25, -0.2) is 23.2 Å². The first kappa shape index (κ1) is 51.4. The largest absolute Gasteiger partial charge is 0.497 e. The lowest BCUT2D eigenvalue weighted by Crippen LogP contribution is -2.66. The summed E-state index contributed by atoms with van der Waals surface area (Å²) in [5, 5.41) is 17.6. The van der Waals surface area contributed by atoms with E-state index in [0.29, 0.717) is 65.5 Å². The lowest BCUT2D eigenvalue weighted by atomic mass is 9.81. The smallest absolute Gasteiger partial charge is 0.415 e. The second-order valence-corrected chi connectivity index (χ2v) is 19.5. The number of alkyl halides is 3. The fourth-order valence-electron chi connectivity index (χ4n) is 8.23. The number of carbonyl (C=O) groups is 3. The van der Waals surface area contributed by atoms with Gasteiger partial charge in [-0.15, -0.1) is 0 Å². The van der Waals surface area contributed by atoms with Gasteiger partial charge >= 0.3 is 12.2 Å². The highest BCUT2D eigenvalue weighted by molar-refractivity contribution is 6.68. The normalized spacial score (nSPS) is 17.2. The molecule has 21 heteroatoms. The Balaban J connectivity index is 1.26. The molecule has 0 aromatic heterocycles. The molecule has 370 valence electrons. The first-order valence-electron chi connectivity index (χ1n) is 21.8. The van der Waals surface area contributed by atoms with Gasteiger partial charge in [0.2, 0.25) is 9.61 Å². The lowest BCUT2D eigenvalue weighted by Gasteiger charge is -2.51. The molecule has 0 spiro atoms. The van der Waals surface area contributed by atoms with Crippen LogP contribution >= 0.6 is 34.8 Å². The number of carbonyl (C=O) groups excluding carboxylic acids is 3. The van der Waals surface area contributed by atoms with Crippen molar-refractivity contribution in [3.63, 3.8) is 0 Å². The van der Waals surface area contributed by atoms with Crippen molar-refractivity contribution in [1.29, 1.82) is 0 Å². The minimum atomic E-state index is -2.06. The van der Waals surface area contributed by atoms with Crippen LogP contribution in [-0.2, 0) is 33.9 Å². The van der Waals surface area contributed by atoms with Crippen molar-refractivity contribution < 1.29 is 66.5 Å². The third-order valence-electron chi connectivity index (χ3n) is 12.0. The zero-order valence-corrected chi connectivity index (χ0v) is 40.2. The number of fused-ring (bicyclic) bond motifs is 2. The van der Waals surface area contributed by atoms with Crippen molar-refractivity contribution in [3.05, 3.63) is 124 Å². The Kier molecular flexibility index (Phi) is 16.1. The van der Waals surface area contributed by atoms with Gasteiger partial charge in [0.15, 0.2) is 23.0 Å². The minimum Gasteiger partial charge on any atom is -0.497 e. The molecule has 4 aromatic carbocycles. The van der Waals surface area contributed by atoms with E-state index in [2.05, 4.69) is 0 Å². The van der Waals surface area contributed by atoms with E-state index in [1.807, 2.05) is 24.3 Å². The fourth-order valence-corrected chi connectivity index (χ4v) is 8.35. The molecule has 0 radical (unpaired) electrons. The number of hydrogen-bond acceptors (Lipinski definition) is 12. The van der Waals surface area contributed by atoms with Gasteiger partial charge in [0, 0.05) is 37.3 Å². The lowest BCUT2D eigenvalue weighted by molar-refractivity contribution is -0.497. The highest BCUT2D eigenvalue weighted by atomic mass is 35.6. The summed E-state index contributed by atoms with van der Waals surface area (Å²) < 4.78 is 68.1. The zero-order valence-electron chi connectivity index (χ0n) is 37.9. The molecule has 2 unspecified atom stereocenters. The molecule has 1 saturated heterocycles. The van der Waals surface area contributed by atoms with Crippen LogP contribution in [0.2, 0.25) is 0 Å². The van der Waals surface area contributed by atoms with Crippen molar-refractivity contribution in [2.45, 2.75) is 86.6 Å². The maximum Gasteiger partial charge on any atom is 0.415 e. The van der Waals surface area contributed by atoms with Crippen molar-refractivity contribution >= 4 is 58.5 Å². The maximum atomic E-state index is 15.6. The molecule has 4 aromatic rings. The van der Waals surface area contributed by atoms with Crippen LogP contribution in [0.3, 0.4) is 0 Å². The molecule has 2 atom stereocenters. The van der Waals surface area contributed by atoms with E-state index in [4.69, 9.17) is 73.7 Å². The third-order valence-corrected chi connectivity index (χ3v) is 13.4. The minimum absolute atomic E-state index is 0.0553. The van der Waals surface area contributed by atoms with Gasteiger partial charge in [-0.05, 0) is 110 Å². The van der Waals surface area contributed by atoms with Crippen LogP contribution in [0.5, 0.6) is 23.0 Å². The molecule has 7 rings (SSSR count). The van der Waals surface area contributed by atoms with Crippen LogP contribution in [-0.4, -0.2) is 110 Å². The van der Waals surface area contributed by atoms with Gasteiger partial charge < -0.3 is 33.5 Å². The number of piperazine rings is 1. The number of aryl methyl sites for hydroxylation is 1. The van der Waals surface area contributed by atoms with E-state index in [1.54, 1.807) is 35.2 Å². The molecule has 2 heterocycles. The highest BCUT2D eigenvalue weighted by Gasteiger charge is 2.53. The number of rotatable bonds is 17. The number of nitrogens with zero attached hydrogens (tertiary/aromatic N) is 4. The van der Waals surface area contributed by atoms with Crippen LogP contribution in [0, 0.1) is 17.5 Å². The molecule has 69 heavy (non-hydrogen) atoms. The predicted octanol–water partition coefficient (Wildman–Crippen LogP) is 9.83. The Bertz CT molecular complexity index is 2540. The summed E-state index contributed by atoms with van der Waals surface area (Å²) >= 11 is 18.9. The van der Waals surface area contributed by atoms with Crippen LogP contribution in [0.4, 0.5) is 22.8 Å².